The highest BCUT2D eigenvalue weighted by molar-refractivity contribution is 6.17. The van der Waals surface area contributed by atoms with E-state index in [-0.39, 0.29) is 29.2 Å². The van der Waals surface area contributed by atoms with Crippen LogP contribution in [0.2, 0.25) is 0 Å². The molecule has 4 nitrogen and oxygen atoms in total. The molecular weight excluding hydrogens is 242 g/mol. The van der Waals surface area contributed by atoms with Crippen LogP contribution in [0.25, 0.3) is 0 Å². The summed E-state index contributed by atoms with van der Waals surface area (Å²) in [6, 6.07) is 1.18. The van der Waals surface area contributed by atoms with Gasteiger partial charge in [-0.2, -0.15) is 0 Å². The number of aliphatic carboxylic acids is 1. The molecular formula is C9H9ClF2N2O2. The number of nitrogens with two attached hydrogens (primary N) is 1. The minimum atomic E-state index is -2.80. The van der Waals surface area contributed by atoms with Crippen LogP contribution in [0.4, 0.5) is 14.5 Å². The maximum atomic E-state index is 12.4. The number of nitrogen functional groups attached to an aromatic ring is 1. The van der Waals surface area contributed by atoms with Crippen LogP contribution in [-0.2, 0) is 17.1 Å². The van der Waals surface area contributed by atoms with E-state index >= 15 is 0 Å². The number of aromatic nitrogens is 1. The van der Waals surface area contributed by atoms with Gasteiger partial charge in [0.2, 0.25) is 0 Å². The van der Waals surface area contributed by atoms with Crippen LogP contribution in [0, 0.1) is 0 Å². The largest absolute Gasteiger partial charge is 0.481 e. The molecule has 0 radical (unpaired) electrons. The van der Waals surface area contributed by atoms with Crippen molar-refractivity contribution in [1.82, 2.24) is 4.98 Å². The molecule has 0 amide bonds. The van der Waals surface area contributed by atoms with Crippen molar-refractivity contribution in [1.29, 1.82) is 0 Å². The number of rotatable bonds is 4. The zero-order valence-electron chi connectivity index (χ0n) is 8.08. The first-order valence-corrected chi connectivity index (χ1v) is 4.83. The molecule has 0 aromatic carbocycles. The van der Waals surface area contributed by atoms with Crippen molar-refractivity contribution in [2.75, 3.05) is 5.73 Å². The highest BCUT2D eigenvalue weighted by Crippen LogP contribution is 2.26. The summed E-state index contributed by atoms with van der Waals surface area (Å²) >= 11 is 5.50. The Morgan fingerprint density at radius 1 is 1.62 bits per heavy atom. The van der Waals surface area contributed by atoms with E-state index in [0.29, 0.717) is 0 Å². The standard InChI is InChI=1S/C9H9ClF2N2O2/c10-3-6-4(2-7(15)16)1-5(13)8(14-6)9(11)12/h1,9H,2-3,13H2,(H,15,16). The summed E-state index contributed by atoms with van der Waals surface area (Å²) in [6.45, 7) is 0. The van der Waals surface area contributed by atoms with Crippen molar-refractivity contribution in [2.45, 2.75) is 18.7 Å². The van der Waals surface area contributed by atoms with Crippen molar-refractivity contribution in [3.8, 4) is 0 Å². The second-order valence-electron chi connectivity index (χ2n) is 3.07. The molecule has 0 unspecified atom stereocenters. The van der Waals surface area contributed by atoms with Crippen LogP contribution in [0.5, 0.6) is 0 Å². The number of nitrogens with zero attached hydrogens (tertiary/aromatic N) is 1. The smallest absolute Gasteiger partial charge is 0.307 e. The van der Waals surface area contributed by atoms with Crippen LogP contribution < -0.4 is 5.73 Å². The summed E-state index contributed by atoms with van der Waals surface area (Å²) in [4.78, 5) is 14.1. The molecule has 3 N–H and O–H groups in total. The average Bonchev–Trinajstić information content (AvgIpc) is 2.16. The molecule has 0 bridgehead atoms. The Morgan fingerprint density at radius 3 is 2.69 bits per heavy atom. The molecule has 1 aromatic heterocycles. The Hall–Kier alpha value is -1.43. The van der Waals surface area contributed by atoms with Crippen molar-refractivity contribution >= 4 is 23.3 Å². The second-order valence-corrected chi connectivity index (χ2v) is 3.34. The highest BCUT2D eigenvalue weighted by atomic mass is 35.5. The van der Waals surface area contributed by atoms with E-state index in [1.807, 2.05) is 0 Å². The zero-order chi connectivity index (χ0) is 12.3. The van der Waals surface area contributed by atoms with E-state index in [4.69, 9.17) is 22.4 Å². The van der Waals surface area contributed by atoms with E-state index in [2.05, 4.69) is 4.98 Å². The van der Waals surface area contributed by atoms with Gasteiger partial charge in [0.05, 0.1) is 23.7 Å². The van der Waals surface area contributed by atoms with Gasteiger partial charge in [-0.1, -0.05) is 0 Å². The number of halogens is 3. The molecule has 0 saturated carbocycles. The van der Waals surface area contributed by atoms with Gasteiger partial charge in [-0.05, 0) is 11.6 Å². The maximum absolute atomic E-state index is 12.4. The van der Waals surface area contributed by atoms with Gasteiger partial charge in [0.25, 0.3) is 6.43 Å². The number of hydrogen-bond acceptors (Lipinski definition) is 3. The fourth-order valence-corrected chi connectivity index (χ4v) is 1.46. The van der Waals surface area contributed by atoms with Gasteiger partial charge in [-0.15, -0.1) is 11.6 Å². The molecule has 0 spiro atoms. The fourth-order valence-electron chi connectivity index (χ4n) is 1.23. The Kier molecular flexibility index (Phi) is 4.00. The highest BCUT2D eigenvalue weighted by Gasteiger charge is 2.17. The van der Waals surface area contributed by atoms with E-state index in [9.17, 15) is 13.6 Å². The second kappa shape index (κ2) is 5.07. The molecule has 88 valence electrons. The van der Waals surface area contributed by atoms with Crippen molar-refractivity contribution in [3.05, 3.63) is 23.0 Å². The zero-order valence-corrected chi connectivity index (χ0v) is 8.84. The Bertz CT molecular complexity index is 413. The Labute approximate surface area is 95.0 Å². The maximum Gasteiger partial charge on any atom is 0.307 e. The van der Waals surface area contributed by atoms with Crippen LogP contribution in [0.15, 0.2) is 6.07 Å². The van der Waals surface area contributed by atoms with Crippen LogP contribution >= 0.6 is 11.6 Å². The van der Waals surface area contributed by atoms with Gasteiger partial charge in [0.15, 0.2) is 0 Å². The monoisotopic (exact) mass is 250 g/mol. The molecule has 1 heterocycles. The summed E-state index contributed by atoms with van der Waals surface area (Å²) < 4.78 is 24.9. The van der Waals surface area contributed by atoms with Crippen LogP contribution in [0.1, 0.15) is 23.4 Å². The van der Waals surface area contributed by atoms with Crippen molar-refractivity contribution in [2.24, 2.45) is 0 Å². The number of carboxylic acids is 1. The Morgan fingerprint density at radius 2 is 2.25 bits per heavy atom. The average molecular weight is 251 g/mol. The molecule has 0 aliphatic heterocycles. The van der Waals surface area contributed by atoms with Gasteiger partial charge >= 0.3 is 5.97 Å². The summed E-state index contributed by atoms with van der Waals surface area (Å²) in [6.07, 6.45) is -3.15. The summed E-state index contributed by atoms with van der Waals surface area (Å²) in [5, 5.41) is 8.60. The number of anilines is 1. The first-order valence-electron chi connectivity index (χ1n) is 4.29. The normalized spacial score (nSPS) is 10.8. The van der Waals surface area contributed by atoms with Gasteiger partial charge < -0.3 is 10.8 Å². The van der Waals surface area contributed by atoms with E-state index in [1.165, 1.54) is 6.07 Å². The first kappa shape index (κ1) is 12.6. The molecule has 0 aliphatic rings. The molecule has 0 saturated heterocycles. The summed E-state index contributed by atoms with van der Waals surface area (Å²) in [7, 11) is 0. The number of carbonyl (C=O) groups is 1. The first-order chi connectivity index (χ1) is 7.45. The molecule has 0 atom stereocenters. The molecule has 7 heteroatoms. The third kappa shape index (κ3) is 2.79. The minimum Gasteiger partial charge on any atom is -0.481 e. The van der Waals surface area contributed by atoms with E-state index < -0.39 is 18.1 Å². The third-order valence-electron chi connectivity index (χ3n) is 1.93. The fraction of sp³-hybridized carbons (Fsp3) is 0.333. The van der Waals surface area contributed by atoms with Crippen LogP contribution in [0.3, 0.4) is 0 Å². The summed E-state index contributed by atoms with van der Waals surface area (Å²) in [5.41, 5.74) is 4.93. The molecule has 0 fully saturated rings. The predicted molar refractivity (Wildman–Crippen MR) is 54.5 cm³/mol. The number of hydrogen-bond donors (Lipinski definition) is 2. The van der Waals surface area contributed by atoms with Crippen molar-refractivity contribution in [3.63, 3.8) is 0 Å². The lowest BCUT2D eigenvalue weighted by molar-refractivity contribution is -0.136. The van der Waals surface area contributed by atoms with Gasteiger partial charge in [-0.3, -0.25) is 4.79 Å². The van der Waals surface area contributed by atoms with E-state index in [0.717, 1.165) is 0 Å². The predicted octanol–water partition coefficient (Wildman–Crippen LogP) is 1.97. The van der Waals surface area contributed by atoms with Crippen LogP contribution in [-0.4, -0.2) is 16.1 Å². The third-order valence-corrected chi connectivity index (χ3v) is 2.18. The SMILES string of the molecule is Nc1cc(CC(=O)O)c(CCl)nc1C(F)F. The quantitative estimate of drug-likeness (QED) is 0.801. The topological polar surface area (TPSA) is 76.2 Å². The van der Waals surface area contributed by atoms with Crippen molar-refractivity contribution < 1.29 is 18.7 Å². The number of pyridine rings is 1. The van der Waals surface area contributed by atoms with Gasteiger partial charge in [-0.25, -0.2) is 13.8 Å². The van der Waals surface area contributed by atoms with E-state index in [1.54, 1.807) is 0 Å². The summed E-state index contributed by atoms with van der Waals surface area (Å²) in [5.74, 6) is -1.24. The molecule has 1 rings (SSSR count). The lowest BCUT2D eigenvalue weighted by Crippen LogP contribution is -2.09. The Balaban J connectivity index is 3.20. The van der Waals surface area contributed by atoms with Gasteiger partial charge in [0.1, 0.15) is 5.69 Å². The van der Waals surface area contributed by atoms with Gasteiger partial charge in [0, 0.05) is 0 Å². The minimum absolute atomic E-state index is 0.119. The lowest BCUT2D eigenvalue weighted by atomic mass is 10.1. The molecule has 1 aromatic rings. The number of carboxylic acid groups (broad SMARTS) is 1. The molecule has 0 aliphatic carbocycles. The number of alkyl halides is 3. The lowest BCUT2D eigenvalue weighted by Gasteiger charge is -2.09. The molecule has 16 heavy (non-hydrogen) atoms.